The van der Waals surface area contributed by atoms with Gasteiger partial charge in [-0.2, -0.15) is 0 Å². The Labute approximate surface area is 140 Å². The minimum absolute atomic E-state index is 0.244. The number of likely N-dealkylation sites (tertiary alicyclic amines) is 1. The van der Waals surface area contributed by atoms with E-state index in [-0.39, 0.29) is 18.4 Å². The summed E-state index contributed by atoms with van der Waals surface area (Å²) in [6, 6.07) is 8.00. The summed E-state index contributed by atoms with van der Waals surface area (Å²) >= 11 is 0. The first-order valence-corrected chi connectivity index (χ1v) is 7.95. The van der Waals surface area contributed by atoms with Gasteiger partial charge in [-0.25, -0.2) is 13.6 Å². The van der Waals surface area contributed by atoms with Gasteiger partial charge in [0, 0.05) is 5.92 Å². The molecule has 7 heteroatoms. The molecular formula is C17H22F2N2O3. The first-order valence-electron chi connectivity index (χ1n) is 7.95. The van der Waals surface area contributed by atoms with Crippen molar-refractivity contribution < 1.29 is 23.1 Å². The molecule has 0 radical (unpaired) electrons. The van der Waals surface area contributed by atoms with E-state index in [1.165, 1.54) is 7.11 Å². The molecule has 1 aromatic rings. The molecule has 1 aliphatic heterocycles. The van der Waals surface area contributed by atoms with E-state index >= 15 is 0 Å². The van der Waals surface area contributed by atoms with Crippen LogP contribution in [0.2, 0.25) is 0 Å². The maximum atomic E-state index is 12.4. The lowest BCUT2D eigenvalue weighted by atomic mass is 9.95. The summed E-state index contributed by atoms with van der Waals surface area (Å²) in [5, 5.41) is 2.73. The van der Waals surface area contributed by atoms with E-state index in [1.807, 2.05) is 6.07 Å². The molecular weight excluding hydrogens is 318 g/mol. The van der Waals surface area contributed by atoms with Gasteiger partial charge < -0.3 is 10.1 Å². The summed E-state index contributed by atoms with van der Waals surface area (Å²) in [5.41, 5.74) is 0.646. The molecule has 1 aliphatic rings. The van der Waals surface area contributed by atoms with Gasteiger partial charge in [0.15, 0.2) is 6.04 Å². The molecule has 0 aromatic heterocycles. The number of esters is 1. The molecule has 0 aliphatic carbocycles. The van der Waals surface area contributed by atoms with Gasteiger partial charge in [-0.15, -0.1) is 0 Å². The Morgan fingerprint density at radius 2 is 1.88 bits per heavy atom. The lowest BCUT2D eigenvalue weighted by Crippen LogP contribution is -2.44. The number of halogens is 2. The summed E-state index contributed by atoms with van der Waals surface area (Å²) in [5.74, 6) is -1.06. The van der Waals surface area contributed by atoms with E-state index in [2.05, 4.69) is 5.32 Å². The van der Waals surface area contributed by atoms with Crippen molar-refractivity contribution in [3.05, 3.63) is 35.9 Å². The van der Waals surface area contributed by atoms with Crippen molar-refractivity contribution in [2.45, 2.75) is 25.3 Å². The number of hydrogen-bond acceptors (Lipinski definition) is 4. The predicted octanol–water partition coefficient (Wildman–Crippen LogP) is 1.99. The Balaban J connectivity index is 1.95. The van der Waals surface area contributed by atoms with Gasteiger partial charge >= 0.3 is 5.97 Å². The van der Waals surface area contributed by atoms with Crippen LogP contribution in [0.25, 0.3) is 0 Å². The molecule has 1 aromatic carbocycles. The normalized spacial score (nSPS) is 17.5. The van der Waals surface area contributed by atoms with Crippen molar-refractivity contribution >= 4 is 11.9 Å². The Morgan fingerprint density at radius 1 is 1.25 bits per heavy atom. The zero-order valence-corrected chi connectivity index (χ0v) is 13.6. The minimum Gasteiger partial charge on any atom is -0.467 e. The molecule has 0 saturated carbocycles. The Kier molecular flexibility index (Phi) is 6.66. The number of nitrogens with zero attached hydrogens (tertiary/aromatic N) is 1. The van der Waals surface area contributed by atoms with Crippen molar-refractivity contribution in [1.82, 2.24) is 10.2 Å². The van der Waals surface area contributed by atoms with Crippen LogP contribution >= 0.6 is 0 Å². The summed E-state index contributed by atoms with van der Waals surface area (Å²) in [7, 11) is 1.27. The van der Waals surface area contributed by atoms with E-state index in [1.54, 1.807) is 29.2 Å². The zero-order chi connectivity index (χ0) is 17.5. The van der Waals surface area contributed by atoms with Gasteiger partial charge in [0.1, 0.15) is 0 Å². The van der Waals surface area contributed by atoms with Crippen LogP contribution in [0.5, 0.6) is 0 Å². The van der Waals surface area contributed by atoms with Crippen molar-refractivity contribution in [2.75, 3.05) is 26.7 Å². The lowest BCUT2D eigenvalue weighted by molar-refractivity contribution is -0.146. The molecule has 0 spiro atoms. The molecule has 24 heavy (non-hydrogen) atoms. The highest BCUT2D eigenvalue weighted by Gasteiger charge is 2.30. The summed E-state index contributed by atoms with van der Waals surface area (Å²) < 4.78 is 29.6. The smallest absolute Gasteiger partial charge is 0.333 e. The van der Waals surface area contributed by atoms with E-state index in [4.69, 9.17) is 4.74 Å². The van der Waals surface area contributed by atoms with Crippen LogP contribution in [0, 0.1) is 5.92 Å². The van der Waals surface area contributed by atoms with Crippen LogP contribution < -0.4 is 5.32 Å². The number of piperidine rings is 1. The largest absolute Gasteiger partial charge is 0.467 e. The molecule has 1 atom stereocenters. The van der Waals surface area contributed by atoms with Crippen LogP contribution in [0.3, 0.4) is 0 Å². The van der Waals surface area contributed by atoms with Crippen LogP contribution in [-0.4, -0.2) is 49.9 Å². The number of alkyl halides is 2. The van der Waals surface area contributed by atoms with Gasteiger partial charge in [-0.3, -0.25) is 9.69 Å². The lowest BCUT2D eigenvalue weighted by Gasteiger charge is -2.31. The highest BCUT2D eigenvalue weighted by molar-refractivity contribution is 5.86. The minimum atomic E-state index is -2.36. The number of benzene rings is 1. The van der Waals surface area contributed by atoms with Crippen molar-refractivity contribution in [2.24, 2.45) is 5.92 Å². The molecule has 1 amide bonds. The number of amides is 1. The number of rotatable bonds is 6. The maximum Gasteiger partial charge on any atom is 0.333 e. The SMILES string of the molecule is COC(=O)[C@H](NC(=O)C1CCN(CC(F)F)CC1)c1ccccc1. The molecule has 132 valence electrons. The second kappa shape index (κ2) is 8.73. The molecule has 1 fully saturated rings. The summed E-state index contributed by atoms with van der Waals surface area (Å²) in [4.78, 5) is 26.1. The Morgan fingerprint density at radius 3 is 2.42 bits per heavy atom. The average Bonchev–Trinajstić information content (AvgIpc) is 2.59. The van der Waals surface area contributed by atoms with E-state index in [0.29, 0.717) is 31.5 Å². The Bertz CT molecular complexity index is 546. The van der Waals surface area contributed by atoms with Gasteiger partial charge in [-0.05, 0) is 31.5 Å². The third-order valence-corrected chi connectivity index (χ3v) is 4.21. The fraction of sp³-hybridized carbons (Fsp3) is 0.529. The van der Waals surface area contributed by atoms with Gasteiger partial charge in [0.05, 0.1) is 13.7 Å². The second-order valence-corrected chi connectivity index (χ2v) is 5.84. The molecule has 2 rings (SSSR count). The standard InChI is InChI=1S/C17H22F2N2O3/c1-24-17(23)15(12-5-3-2-4-6-12)20-16(22)13-7-9-21(10-8-13)11-14(18)19/h2-6,13-15H,7-11H2,1H3,(H,20,22)/t15-/m1/s1. The van der Waals surface area contributed by atoms with E-state index in [9.17, 15) is 18.4 Å². The number of ether oxygens (including phenoxy) is 1. The van der Waals surface area contributed by atoms with Crippen molar-refractivity contribution in [3.8, 4) is 0 Å². The fourth-order valence-electron chi connectivity index (χ4n) is 2.87. The van der Waals surface area contributed by atoms with Crippen LogP contribution in [0.4, 0.5) is 8.78 Å². The number of carbonyl (C=O) groups is 2. The molecule has 0 bridgehead atoms. The monoisotopic (exact) mass is 340 g/mol. The molecule has 1 heterocycles. The Hall–Kier alpha value is -2.02. The van der Waals surface area contributed by atoms with E-state index in [0.717, 1.165) is 0 Å². The highest BCUT2D eigenvalue weighted by Crippen LogP contribution is 2.21. The molecule has 0 unspecified atom stereocenters. The molecule has 1 saturated heterocycles. The van der Waals surface area contributed by atoms with Crippen LogP contribution in [0.15, 0.2) is 30.3 Å². The predicted molar refractivity (Wildman–Crippen MR) is 84.5 cm³/mol. The molecule has 1 N–H and O–H groups in total. The number of nitrogens with one attached hydrogen (secondary N) is 1. The van der Waals surface area contributed by atoms with Crippen molar-refractivity contribution in [1.29, 1.82) is 0 Å². The summed E-state index contributed by atoms with van der Waals surface area (Å²) in [6.07, 6.45) is -1.36. The van der Waals surface area contributed by atoms with E-state index < -0.39 is 18.4 Å². The highest BCUT2D eigenvalue weighted by atomic mass is 19.3. The third kappa shape index (κ3) is 4.99. The number of carbonyl (C=O) groups excluding carboxylic acids is 2. The quantitative estimate of drug-likeness (QED) is 0.805. The van der Waals surface area contributed by atoms with Crippen LogP contribution in [-0.2, 0) is 14.3 Å². The first kappa shape index (κ1) is 18.3. The third-order valence-electron chi connectivity index (χ3n) is 4.21. The topological polar surface area (TPSA) is 58.6 Å². The van der Waals surface area contributed by atoms with Gasteiger partial charge in [-0.1, -0.05) is 30.3 Å². The number of hydrogen-bond donors (Lipinski definition) is 1. The first-order chi connectivity index (χ1) is 11.5. The van der Waals surface area contributed by atoms with Crippen molar-refractivity contribution in [3.63, 3.8) is 0 Å². The summed E-state index contributed by atoms with van der Waals surface area (Å²) in [6.45, 7) is 0.649. The molecule has 5 nitrogen and oxygen atoms in total. The fourth-order valence-corrected chi connectivity index (χ4v) is 2.87. The average molecular weight is 340 g/mol. The zero-order valence-electron chi connectivity index (χ0n) is 13.6. The second-order valence-electron chi connectivity index (χ2n) is 5.84. The van der Waals surface area contributed by atoms with Crippen LogP contribution in [0.1, 0.15) is 24.4 Å². The van der Waals surface area contributed by atoms with Gasteiger partial charge in [0.2, 0.25) is 5.91 Å². The maximum absolute atomic E-state index is 12.4. The van der Waals surface area contributed by atoms with Gasteiger partial charge in [0.25, 0.3) is 6.43 Å². The number of methoxy groups -OCH3 is 1.